The molecule has 0 spiro atoms. The van der Waals surface area contributed by atoms with Crippen molar-refractivity contribution in [1.82, 2.24) is 4.31 Å². The van der Waals surface area contributed by atoms with Crippen molar-refractivity contribution in [2.45, 2.75) is 30.3 Å². The summed E-state index contributed by atoms with van der Waals surface area (Å²) in [6.45, 7) is 0.916. The number of halogens is 4. The van der Waals surface area contributed by atoms with Gasteiger partial charge in [0, 0.05) is 13.1 Å². The largest absolute Gasteiger partial charge is 0.417 e. The molecule has 0 aromatic heterocycles. The minimum Gasteiger partial charge on any atom is -0.330 e. The lowest BCUT2D eigenvalue weighted by atomic mass is 9.96. The number of sulfonamides is 1. The van der Waals surface area contributed by atoms with Crippen molar-refractivity contribution < 1.29 is 21.6 Å². The molecular formula is C14H20ClF3N2O2S. The van der Waals surface area contributed by atoms with Gasteiger partial charge < -0.3 is 5.73 Å². The Morgan fingerprint density at radius 1 is 1.26 bits per heavy atom. The summed E-state index contributed by atoms with van der Waals surface area (Å²) in [5, 5.41) is 0. The van der Waals surface area contributed by atoms with Gasteiger partial charge in [0.2, 0.25) is 10.0 Å². The molecular weight excluding hydrogens is 353 g/mol. The van der Waals surface area contributed by atoms with E-state index in [-0.39, 0.29) is 31.4 Å². The number of alkyl halides is 3. The van der Waals surface area contributed by atoms with Crippen molar-refractivity contribution in [3.63, 3.8) is 0 Å². The number of nitrogens with zero attached hydrogens (tertiary/aromatic N) is 1. The number of nitrogens with two attached hydrogens (primary N) is 1. The van der Waals surface area contributed by atoms with E-state index < -0.39 is 26.7 Å². The maximum absolute atomic E-state index is 13.0. The van der Waals surface area contributed by atoms with Gasteiger partial charge in [-0.1, -0.05) is 12.1 Å². The van der Waals surface area contributed by atoms with Crippen LogP contribution in [0, 0.1) is 5.92 Å². The van der Waals surface area contributed by atoms with Crippen LogP contribution in [0.4, 0.5) is 13.2 Å². The number of rotatable bonds is 4. The molecule has 0 amide bonds. The molecule has 4 nitrogen and oxygen atoms in total. The summed E-state index contributed by atoms with van der Waals surface area (Å²) < 4.78 is 65.5. The first-order valence-electron chi connectivity index (χ1n) is 7.13. The second kappa shape index (κ2) is 7.83. The van der Waals surface area contributed by atoms with E-state index in [1.165, 1.54) is 12.1 Å². The highest BCUT2D eigenvalue weighted by molar-refractivity contribution is 7.89. The monoisotopic (exact) mass is 372 g/mol. The SMILES string of the molecule is Cl.NCCC1CCCN(S(=O)(=O)c2ccccc2C(F)(F)F)C1. The number of benzene rings is 1. The molecule has 1 aliphatic heterocycles. The van der Waals surface area contributed by atoms with Crippen molar-refractivity contribution in [2.24, 2.45) is 11.7 Å². The predicted molar refractivity (Wildman–Crippen MR) is 83.8 cm³/mol. The molecule has 0 radical (unpaired) electrons. The summed E-state index contributed by atoms with van der Waals surface area (Å²) in [4.78, 5) is -0.670. The van der Waals surface area contributed by atoms with Crippen LogP contribution in [0.1, 0.15) is 24.8 Å². The molecule has 1 aliphatic rings. The van der Waals surface area contributed by atoms with Crippen LogP contribution in [-0.4, -0.2) is 32.4 Å². The highest BCUT2D eigenvalue weighted by Crippen LogP contribution is 2.36. The molecule has 0 aliphatic carbocycles. The van der Waals surface area contributed by atoms with Gasteiger partial charge in [-0.3, -0.25) is 0 Å². The first kappa shape index (κ1) is 20.2. The second-order valence-corrected chi connectivity index (χ2v) is 7.35. The zero-order chi connectivity index (χ0) is 16.4. The first-order valence-corrected chi connectivity index (χ1v) is 8.57. The van der Waals surface area contributed by atoms with Gasteiger partial charge in [0.15, 0.2) is 0 Å². The fourth-order valence-electron chi connectivity index (χ4n) is 2.78. The molecule has 9 heteroatoms. The minimum atomic E-state index is -4.70. The fourth-order valence-corrected chi connectivity index (χ4v) is 4.55. The van der Waals surface area contributed by atoms with E-state index in [1.54, 1.807) is 0 Å². The third-order valence-electron chi connectivity index (χ3n) is 3.87. The highest BCUT2D eigenvalue weighted by atomic mass is 35.5. The molecule has 132 valence electrons. The normalized spacial score (nSPS) is 20.1. The van der Waals surface area contributed by atoms with Crippen LogP contribution < -0.4 is 5.73 Å². The Morgan fingerprint density at radius 2 is 1.91 bits per heavy atom. The van der Waals surface area contributed by atoms with Crippen LogP contribution in [0.5, 0.6) is 0 Å². The predicted octanol–water partition coefficient (Wildman–Crippen LogP) is 2.88. The lowest BCUT2D eigenvalue weighted by Crippen LogP contribution is -2.41. The smallest absolute Gasteiger partial charge is 0.330 e. The van der Waals surface area contributed by atoms with E-state index in [9.17, 15) is 21.6 Å². The molecule has 23 heavy (non-hydrogen) atoms. The number of hydrogen-bond donors (Lipinski definition) is 1. The van der Waals surface area contributed by atoms with Crippen molar-refractivity contribution in [3.8, 4) is 0 Å². The molecule has 1 saturated heterocycles. The highest BCUT2D eigenvalue weighted by Gasteiger charge is 2.39. The van der Waals surface area contributed by atoms with Gasteiger partial charge in [-0.25, -0.2) is 8.42 Å². The Balaban J connectivity index is 0.00000264. The summed E-state index contributed by atoms with van der Waals surface area (Å²) in [5.41, 5.74) is 4.37. The van der Waals surface area contributed by atoms with Gasteiger partial charge in [0.05, 0.1) is 10.5 Å². The van der Waals surface area contributed by atoms with Crippen molar-refractivity contribution >= 4 is 22.4 Å². The lowest BCUT2D eigenvalue weighted by Gasteiger charge is -2.32. The summed E-state index contributed by atoms with van der Waals surface area (Å²) in [6.07, 6.45) is -2.54. The zero-order valence-electron chi connectivity index (χ0n) is 12.4. The third-order valence-corrected chi connectivity index (χ3v) is 5.79. The van der Waals surface area contributed by atoms with E-state index in [1.807, 2.05) is 0 Å². The zero-order valence-corrected chi connectivity index (χ0v) is 14.1. The van der Waals surface area contributed by atoms with Crippen LogP contribution in [0.25, 0.3) is 0 Å². The summed E-state index contributed by atoms with van der Waals surface area (Å²) in [5.74, 6) is 0.103. The maximum Gasteiger partial charge on any atom is 0.417 e. The van der Waals surface area contributed by atoms with E-state index in [0.717, 1.165) is 22.9 Å². The third kappa shape index (κ3) is 4.59. The molecule has 1 fully saturated rings. The van der Waals surface area contributed by atoms with Crippen LogP contribution in [0.2, 0.25) is 0 Å². The van der Waals surface area contributed by atoms with Gasteiger partial charge >= 0.3 is 6.18 Å². The Labute approximate surface area is 140 Å². The quantitative estimate of drug-likeness (QED) is 0.883. The molecule has 1 atom stereocenters. The Morgan fingerprint density at radius 3 is 2.52 bits per heavy atom. The average molecular weight is 373 g/mol. The van der Waals surface area contributed by atoms with Gasteiger partial charge in [0.25, 0.3) is 0 Å². The van der Waals surface area contributed by atoms with Gasteiger partial charge in [-0.15, -0.1) is 12.4 Å². The van der Waals surface area contributed by atoms with E-state index in [2.05, 4.69) is 0 Å². The Bertz CT molecular complexity index is 621. The first-order chi connectivity index (χ1) is 10.3. The molecule has 1 heterocycles. The summed E-state index contributed by atoms with van der Waals surface area (Å²) >= 11 is 0. The summed E-state index contributed by atoms with van der Waals surface area (Å²) in [7, 11) is -4.15. The van der Waals surface area contributed by atoms with E-state index in [4.69, 9.17) is 5.73 Å². The Kier molecular flexibility index (Phi) is 6.88. The fraction of sp³-hybridized carbons (Fsp3) is 0.571. The van der Waals surface area contributed by atoms with Crippen molar-refractivity contribution in [3.05, 3.63) is 29.8 Å². The van der Waals surface area contributed by atoms with Gasteiger partial charge in [0.1, 0.15) is 0 Å². The van der Waals surface area contributed by atoms with Gasteiger partial charge in [-0.05, 0) is 43.9 Å². The topological polar surface area (TPSA) is 63.4 Å². The maximum atomic E-state index is 13.0. The summed E-state index contributed by atoms with van der Waals surface area (Å²) in [6, 6.07) is 4.32. The molecule has 0 saturated carbocycles. The number of hydrogen-bond acceptors (Lipinski definition) is 3. The Hall–Kier alpha value is -0.830. The standard InChI is InChI=1S/C14H19F3N2O2S.ClH/c15-14(16,17)12-5-1-2-6-13(12)22(20,21)19-9-3-4-11(10-19)7-8-18;/h1-2,5-6,11H,3-4,7-10,18H2;1H. The van der Waals surface area contributed by atoms with Gasteiger partial charge in [-0.2, -0.15) is 17.5 Å². The lowest BCUT2D eigenvalue weighted by molar-refractivity contribution is -0.139. The molecule has 1 aromatic rings. The molecule has 2 rings (SSSR count). The molecule has 0 bridgehead atoms. The van der Waals surface area contributed by atoms with Crippen molar-refractivity contribution in [1.29, 1.82) is 0 Å². The molecule has 1 aromatic carbocycles. The van der Waals surface area contributed by atoms with E-state index in [0.29, 0.717) is 19.4 Å². The van der Waals surface area contributed by atoms with Crippen LogP contribution in [0.3, 0.4) is 0 Å². The van der Waals surface area contributed by atoms with Crippen LogP contribution >= 0.6 is 12.4 Å². The molecule has 2 N–H and O–H groups in total. The minimum absolute atomic E-state index is 0. The van der Waals surface area contributed by atoms with Crippen LogP contribution in [0.15, 0.2) is 29.2 Å². The van der Waals surface area contributed by atoms with Crippen LogP contribution in [-0.2, 0) is 16.2 Å². The van der Waals surface area contributed by atoms with E-state index >= 15 is 0 Å². The van der Waals surface area contributed by atoms with Crippen molar-refractivity contribution in [2.75, 3.05) is 19.6 Å². The average Bonchev–Trinajstić information content (AvgIpc) is 2.47. The second-order valence-electron chi connectivity index (χ2n) is 5.44. The number of piperidine rings is 1. The molecule has 1 unspecified atom stereocenters.